The van der Waals surface area contributed by atoms with Crippen LogP contribution in [0.5, 0.6) is 0 Å². The van der Waals surface area contributed by atoms with Crippen molar-refractivity contribution in [1.82, 2.24) is 9.78 Å². The maximum absolute atomic E-state index is 4.49. The zero-order valence-electron chi connectivity index (χ0n) is 10.5. The summed E-state index contributed by atoms with van der Waals surface area (Å²) in [5.74, 6) is 0. The molecule has 3 heteroatoms. The molecule has 0 bridgehead atoms. The van der Waals surface area contributed by atoms with Crippen molar-refractivity contribution in [2.24, 2.45) is 0 Å². The summed E-state index contributed by atoms with van der Waals surface area (Å²) in [6, 6.07) is 10.5. The molecule has 0 aliphatic heterocycles. The van der Waals surface area contributed by atoms with E-state index in [0.717, 1.165) is 30.9 Å². The van der Waals surface area contributed by atoms with Crippen molar-refractivity contribution < 1.29 is 0 Å². The van der Waals surface area contributed by atoms with Crippen molar-refractivity contribution in [2.75, 3.05) is 5.32 Å². The molecule has 2 aromatic rings. The van der Waals surface area contributed by atoms with Gasteiger partial charge in [0.05, 0.1) is 12.2 Å². The monoisotopic (exact) mass is 229 g/mol. The fourth-order valence-corrected chi connectivity index (χ4v) is 1.80. The number of anilines is 1. The van der Waals surface area contributed by atoms with Gasteiger partial charge in [0.25, 0.3) is 0 Å². The Hall–Kier alpha value is -1.77. The molecular weight excluding hydrogens is 210 g/mol. The predicted molar refractivity (Wildman–Crippen MR) is 71.0 cm³/mol. The average molecular weight is 229 g/mol. The van der Waals surface area contributed by atoms with Crippen LogP contribution in [0.15, 0.2) is 36.5 Å². The molecule has 90 valence electrons. The van der Waals surface area contributed by atoms with Gasteiger partial charge in [-0.25, -0.2) is 0 Å². The molecule has 2 rings (SSSR count). The van der Waals surface area contributed by atoms with E-state index in [-0.39, 0.29) is 0 Å². The van der Waals surface area contributed by atoms with Crippen molar-refractivity contribution in [3.63, 3.8) is 0 Å². The normalized spacial score (nSPS) is 10.5. The largest absolute Gasteiger partial charge is 0.379 e. The molecular formula is C14H19N3. The first-order valence-corrected chi connectivity index (χ1v) is 6.11. The van der Waals surface area contributed by atoms with Crippen LogP contribution in [0, 0.1) is 6.92 Å². The number of hydrogen-bond acceptors (Lipinski definition) is 2. The maximum Gasteiger partial charge on any atom is 0.0815 e. The molecule has 0 saturated heterocycles. The Morgan fingerprint density at radius 3 is 2.94 bits per heavy atom. The van der Waals surface area contributed by atoms with E-state index in [1.807, 2.05) is 10.9 Å². The smallest absolute Gasteiger partial charge is 0.0815 e. The van der Waals surface area contributed by atoms with Gasteiger partial charge in [-0.3, -0.25) is 4.68 Å². The topological polar surface area (TPSA) is 29.9 Å². The summed E-state index contributed by atoms with van der Waals surface area (Å²) in [7, 11) is 0. The summed E-state index contributed by atoms with van der Waals surface area (Å²) in [6.45, 7) is 6.03. The van der Waals surface area contributed by atoms with E-state index in [0.29, 0.717) is 0 Å². The van der Waals surface area contributed by atoms with Crippen molar-refractivity contribution >= 4 is 5.69 Å². The molecule has 1 aromatic carbocycles. The van der Waals surface area contributed by atoms with Crippen molar-refractivity contribution in [3.05, 3.63) is 47.8 Å². The van der Waals surface area contributed by atoms with Gasteiger partial charge >= 0.3 is 0 Å². The molecule has 0 fully saturated rings. The minimum absolute atomic E-state index is 0.778. The number of hydrogen-bond donors (Lipinski definition) is 1. The summed E-state index contributed by atoms with van der Waals surface area (Å²) in [5, 5.41) is 7.87. The minimum Gasteiger partial charge on any atom is -0.379 e. The van der Waals surface area contributed by atoms with Crippen molar-refractivity contribution in [1.29, 1.82) is 0 Å². The first kappa shape index (κ1) is 11.7. The lowest BCUT2D eigenvalue weighted by atomic mass is 10.2. The molecule has 1 N–H and O–H groups in total. The second-order valence-corrected chi connectivity index (χ2v) is 4.29. The Kier molecular flexibility index (Phi) is 3.81. The third kappa shape index (κ3) is 3.34. The van der Waals surface area contributed by atoms with Crippen LogP contribution in [-0.4, -0.2) is 9.78 Å². The Labute approximate surface area is 102 Å². The molecule has 0 amide bonds. The third-order valence-corrected chi connectivity index (χ3v) is 2.64. The Balaban J connectivity index is 1.93. The van der Waals surface area contributed by atoms with E-state index in [2.05, 4.69) is 54.6 Å². The van der Waals surface area contributed by atoms with Crippen LogP contribution in [0.25, 0.3) is 0 Å². The zero-order valence-corrected chi connectivity index (χ0v) is 10.5. The van der Waals surface area contributed by atoms with Crippen LogP contribution in [0.4, 0.5) is 5.69 Å². The average Bonchev–Trinajstić information content (AvgIpc) is 2.75. The van der Waals surface area contributed by atoms with E-state index in [4.69, 9.17) is 0 Å². The van der Waals surface area contributed by atoms with E-state index >= 15 is 0 Å². The maximum atomic E-state index is 4.49. The fourth-order valence-electron chi connectivity index (χ4n) is 1.80. The molecule has 17 heavy (non-hydrogen) atoms. The quantitative estimate of drug-likeness (QED) is 0.853. The number of nitrogens with one attached hydrogen (secondary N) is 1. The lowest BCUT2D eigenvalue weighted by Gasteiger charge is -2.05. The summed E-state index contributed by atoms with van der Waals surface area (Å²) >= 11 is 0. The van der Waals surface area contributed by atoms with Crippen LogP contribution in [0.2, 0.25) is 0 Å². The highest BCUT2D eigenvalue weighted by Crippen LogP contribution is 2.10. The highest BCUT2D eigenvalue weighted by molar-refractivity contribution is 5.45. The molecule has 0 atom stereocenters. The lowest BCUT2D eigenvalue weighted by Crippen LogP contribution is -2.03. The molecule has 0 spiro atoms. The number of aryl methyl sites for hydroxylation is 2. The first-order valence-electron chi connectivity index (χ1n) is 6.11. The zero-order chi connectivity index (χ0) is 12.1. The van der Waals surface area contributed by atoms with Crippen molar-refractivity contribution in [2.45, 2.75) is 33.4 Å². The lowest BCUT2D eigenvalue weighted by molar-refractivity contribution is 0.595. The van der Waals surface area contributed by atoms with Gasteiger partial charge in [0, 0.05) is 18.4 Å². The molecule has 0 unspecified atom stereocenters. The van der Waals surface area contributed by atoms with Gasteiger partial charge in [0.2, 0.25) is 0 Å². The first-order chi connectivity index (χ1) is 8.28. The van der Waals surface area contributed by atoms with Gasteiger partial charge in [-0.05, 0) is 37.1 Å². The summed E-state index contributed by atoms with van der Waals surface area (Å²) in [4.78, 5) is 0. The van der Waals surface area contributed by atoms with Crippen molar-refractivity contribution in [3.8, 4) is 0 Å². The number of rotatable bonds is 5. The van der Waals surface area contributed by atoms with Gasteiger partial charge in [-0.1, -0.05) is 19.1 Å². The van der Waals surface area contributed by atoms with Gasteiger partial charge in [-0.2, -0.15) is 5.10 Å². The highest BCUT2D eigenvalue weighted by Gasteiger charge is 1.98. The van der Waals surface area contributed by atoms with Crippen LogP contribution >= 0.6 is 0 Å². The SMILES string of the molecule is CCCn1ccc(CNc2cccc(C)c2)n1. The van der Waals surface area contributed by atoms with Crippen LogP contribution in [-0.2, 0) is 13.1 Å². The van der Waals surface area contributed by atoms with E-state index < -0.39 is 0 Å². The second kappa shape index (κ2) is 5.53. The standard InChI is InChI=1S/C14H19N3/c1-3-8-17-9-7-14(16-17)11-15-13-6-4-5-12(2)10-13/h4-7,9-10,15H,3,8,11H2,1-2H3. The van der Waals surface area contributed by atoms with Gasteiger partial charge < -0.3 is 5.32 Å². The Morgan fingerprint density at radius 2 is 2.18 bits per heavy atom. The van der Waals surface area contributed by atoms with Crippen LogP contribution < -0.4 is 5.32 Å². The van der Waals surface area contributed by atoms with Gasteiger partial charge in [0.1, 0.15) is 0 Å². The third-order valence-electron chi connectivity index (χ3n) is 2.64. The second-order valence-electron chi connectivity index (χ2n) is 4.29. The molecule has 0 aliphatic rings. The highest BCUT2D eigenvalue weighted by atomic mass is 15.3. The summed E-state index contributed by atoms with van der Waals surface area (Å²) in [6.07, 6.45) is 3.16. The Bertz CT molecular complexity index is 474. The fraction of sp³-hybridized carbons (Fsp3) is 0.357. The number of benzene rings is 1. The summed E-state index contributed by atoms with van der Waals surface area (Å²) in [5.41, 5.74) is 3.50. The van der Waals surface area contributed by atoms with Crippen LogP contribution in [0.1, 0.15) is 24.6 Å². The Morgan fingerprint density at radius 1 is 1.29 bits per heavy atom. The molecule has 0 radical (unpaired) electrons. The molecule has 1 aromatic heterocycles. The van der Waals surface area contributed by atoms with Gasteiger partial charge in [0.15, 0.2) is 0 Å². The van der Waals surface area contributed by atoms with E-state index in [9.17, 15) is 0 Å². The number of nitrogens with zero attached hydrogens (tertiary/aromatic N) is 2. The van der Waals surface area contributed by atoms with Crippen LogP contribution in [0.3, 0.4) is 0 Å². The summed E-state index contributed by atoms with van der Waals surface area (Å²) < 4.78 is 1.99. The molecule has 0 saturated carbocycles. The number of aromatic nitrogens is 2. The van der Waals surface area contributed by atoms with E-state index in [1.54, 1.807) is 0 Å². The molecule has 0 aliphatic carbocycles. The molecule has 1 heterocycles. The van der Waals surface area contributed by atoms with E-state index in [1.165, 1.54) is 5.56 Å². The predicted octanol–water partition coefficient (Wildman–Crippen LogP) is 3.21. The molecule has 3 nitrogen and oxygen atoms in total. The van der Waals surface area contributed by atoms with Gasteiger partial charge in [-0.15, -0.1) is 0 Å². The minimum atomic E-state index is 0.778.